The molecule has 2 aromatic carbocycles. The van der Waals surface area contributed by atoms with Crippen LogP contribution in [0.5, 0.6) is 11.5 Å². The number of aromatic amines is 1. The van der Waals surface area contributed by atoms with Crippen LogP contribution in [0, 0.1) is 5.92 Å². The highest BCUT2D eigenvalue weighted by molar-refractivity contribution is 6.32. The lowest BCUT2D eigenvalue weighted by atomic mass is 10.0. The van der Waals surface area contributed by atoms with Crippen molar-refractivity contribution in [1.82, 2.24) is 15.3 Å². The molecule has 0 saturated carbocycles. The monoisotopic (exact) mass is 444 g/mol. The van der Waals surface area contributed by atoms with Crippen molar-refractivity contribution < 1.29 is 19.1 Å². The third kappa shape index (κ3) is 5.46. The van der Waals surface area contributed by atoms with Gasteiger partial charge in [0.1, 0.15) is 5.82 Å². The zero-order chi connectivity index (χ0) is 22.5. The fraction of sp³-hybridized carbons (Fsp3) is 0.318. The van der Waals surface area contributed by atoms with E-state index in [0.717, 1.165) is 11.0 Å². The zero-order valence-corrected chi connectivity index (χ0v) is 18.3. The summed E-state index contributed by atoms with van der Waals surface area (Å²) in [5.74, 6) is 0.387. The number of para-hydroxylation sites is 2. The van der Waals surface area contributed by atoms with Crippen LogP contribution in [0.25, 0.3) is 11.0 Å². The summed E-state index contributed by atoms with van der Waals surface area (Å²) in [6.07, 6.45) is 0.691. The van der Waals surface area contributed by atoms with Crippen LogP contribution in [0.4, 0.5) is 0 Å². The van der Waals surface area contributed by atoms with Gasteiger partial charge in [-0.1, -0.05) is 37.6 Å². The summed E-state index contributed by atoms with van der Waals surface area (Å²) in [7, 11) is 1.42. The van der Waals surface area contributed by atoms with Crippen LogP contribution in [0.3, 0.4) is 0 Å². The van der Waals surface area contributed by atoms with Crippen molar-refractivity contribution in [2.45, 2.75) is 26.3 Å². The molecule has 1 atom stereocenters. The lowest BCUT2D eigenvalue weighted by Crippen LogP contribution is -2.30. The van der Waals surface area contributed by atoms with Crippen LogP contribution in [0.2, 0.25) is 5.02 Å². The first-order valence-corrected chi connectivity index (χ1v) is 10.2. The number of H-pyrrole nitrogens is 1. The fourth-order valence-electron chi connectivity index (χ4n) is 3.22. The average Bonchev–Trinajstić information content (AvgIpc) is 3.15. The van der Waals surface area contributed by atoms with Gasteiger partial charge in [-0.05, 0) is 36.6 Å². The summed E-state index contributed by atoms with van der Waals surface area (Å²) in [5.41, 5.74) is 7.15. The van der Waals surface area contributed by atoms with Crippen molar-refractivity contribution in [2.24, 2.45) is 11.7 Å². The molecule has 2 amide bonds. The van der Waals surface area contributed by atoms with E-state index < -0.39 is 5.91 Å². The summed E-state index contributed by atoms with van der Waals surface area (Å²) in [5, 5.41) is 3.16. The molecule has 0 aliphatic heterocycles. The number of benzene rings is 2. The van der Waals surface area contributed by atoms with Crippen LogP contribution in [0.15, 0.2) is 36.4 Å². The molecule has 1 aromatic heterocycles. The Morgan fingerprint density at radius 1 is 1.26 bits per heavy atom. The molecule has 0 bridgehead atoms. The van der Waals surface area contributed by atoms with Gasteiger partial charge in [0.25, 0.3) is 11.8 Å². The largest absolute Gasteiger partial charge is 0.493 e. The predicted octanol–water partition coefficient (Wildman–Crippen LogP) is 3.61. The Balaban J connectivity index is 1.87. The minimum atomic E-state index is -0.651. The van der Waals surface area contributed by atoms with Gasteiger partial charge in [0.2, 0.25) is 0 Å². The van der Waals surface area contributed by atoms with Crippen molar-refractivity contribution in [3.05, 3.63) is 52.8 Å². The number of nitrogens with one attached hydrogen (secondary N) is 2. The maximum absolute atomic E-state index is 13.0. The standard InChI is InChI=1S/C22H25ClN4O4/c1-12(2)8-17(21-25-15-6-4-5-7-16(15)26-21)27-22(29)13-9-14(23)20(18(10-13)30-3)31-11-19(24)28/h4-7,9-10,12,17H,8,11H2,1-3H3,(H2,24,28)(H,25,26)(H,27,29). The number of primary amides is 1. The second-order valence-electron chi connectivity index (χ2n) is 7.54. The molecule has 0 spiro atoms. The zero-order valence-electron chi connectivity index (χ0n) is 17.6. The number of ether oxygens (including phenoxy) is 2. The van der Waals surface area contributed by atoms with Gasteiger partial charge < -0.3 is 25.5 Å². The predicted molar refractivity (Wildman–Crippen MR) is 118 cm³/mol. The Hall–Kier alpha value is -3.26. The Kier molecular flexibility index (Phi) is 7.02. The van der Waals surface area contributed by atoms with Crippen molar-refractivity contribution >= 4 is 34.4 Å². The number of fused-ring (bicyclic) bond motifs is 1. The van der Waals surface area contributed by atoms with Crippen LogP contribution >= 0.6 is 11.6 Å². The van der Waals surface area contributed by atoms with E-state index in [9.17, 15) is 9.59 Å². The summed E-state index contributed by atoms with van der Waals surface area (Å²) >= 11 is 6.28. The maximum Gasteiger partial charge on any atom is 0.255 e. The van der Waals surface area contributed by atoms with E-state index in [4.69, 9.17) is 26.8 Å². The van der Waals surface area contributed by atoms with Gasteiger partial charge in [0.15, 0.2) is 18.1 Å². The van der Waals surface area contributed by atoms with Gasteiger partial charge in [-0.2, -0.15) is 0 Å². The molecule has 0 aliphatic rings. The van der Waals surface area contributed by atoms with E-state index in [0.29, 0.717) is 18.2 Å². The second kappa shape index (κ2) is 9.70. The van der Waals surface area contributed by atoms with E-state index >= 15 is 0 Å². The van der Waals surface area contributed by atoms with Crippen molar-refractivity contribution in [3.8, 4) is 11.5 Å². The molecule has 9 heteroatoms. The number of hydrogen-bond donors (Lipinski definition) is 3. The Morgan fingerprint density at radius 3 is 2.65 bits per heavy atom. The van der Waals surface area contributed by atoms with Crippen LogP contribution in [-0.2, 0) is 4.79 Å². The number of nitrogens with zero attached hydrogens (tertiary/aromatic N) is 1. The SMILES string of the molecule is COc1cc(C(=O)NC(CC(C)C)c2nc3ccccc3[nH]2)cc(Cl)c1OCC(N)=O. The third-order valence-electron chi connectivity index (χ3n) is 4.60. The van der Waals surface area contributed by atoms with Gasteiger partial charge in [-0.15, -0.1) is 0 Å². The Bertz CT molecular complexity index is 1060. The summed E-state index contributed by atoms with van der Waals surface area (Å²) < 4.78 is 10.6. The number of carbonyl (C=O) groups excluding carboxylic acids is 2. The molecule has 1 heterocycles. The minimum absolute atomic E-state index is 0.134. The first kappa shape index (κ1) is 22.4. The molecule has 3 rings (SSSR count). The van der Waals surface area contributed by atoms with Gasteiger partial charge in [0, 0.05) is 5.56 Å². The van der Waals surface area contributed by atoms with Gasteiger partial charge in [-0.25, -0.2) is 4.98 Å². The molecule has 0 aliphatic carbocycles. The molecular formula is C22H25ClN4O4. The molecule has 0 fully saturated rings. The molecule has 3 aromatic rings. The maximum atomic E-state index is 13.0. The Labute approximate surface area is 185 Å². The smallest absolute Gasteiger partial charge is 0.255 e. The summed E-state index contributed by atoms with van der Waals surface area (Å²) in [4.78, 5) is 32.0. The minimum Gasteiger partial charge on any atom is -0.493 e. The van der Waals surface area contributed by atoms with Crippen molar-refractivity contribution in [2.75, 3.05) is 13.7 Å². The van der Waals surface area contributed by atoms with Crippen LogP contribution in [-0.4, -0.2) is 35.5 Å². The average molecular weight is 445 g/mol. The van der Waals surface area contributed by atoms with E-state index in [2.05, 4.69) is 29.1 Å². The topological polar surface area (TPSA) is 119 Å². The first-order valence-electron chi connectivity index (χ1n) is 9.82. The number of nitrogens with two attached hydrogens (primary N) is 1. The number of rotatable bonds is 9. The second-order valence-corrected chi connectivity index (χ2v) is 7.95. The molecule has 1 unspecified atom stereocenters. The number of amides is 2. The molecule has 0 saturated heterocycles. The molecule has 8 nitrogen and oxygen atoms in total. The first-order chi connectivity index (χ1) is 14.8. The quantitative estimate of drug-likeness (QED) is 0.465. The van der Waals surface area contributed by atoms with Crippen molar-refractivity contribution in [3.63, 3.8) is 0 Å². The highest BCUT2D eigenvalue weighted by Crippen LogP contribution is 2.36. The summed E-state index contributed by atoms with van der Waals surface area (Å²) in [6, 6.07) is 10.3. The van der Waals surface area contributed by atoms with Crippen LogP contribution in [0.1, 0.15) is 42.5 Å². The molecule has 31 heavy (non-hydrogen) atoms. The van der Waals surface area contributed by atoms with Gasteiger partial charge in [-0.3, -0.25) is 9.59 Å². The number of methoxy groups -OCH3 is 1. The molecular weight excluding hydrogens is 420 g/mol. The number of aromatic nitrogens is 2. The lowest BCUT2D eigenvalue weighted by molar-refractivity contribution is -0.119. The number of halogens is 1. The highest BCUT2D eigenvalue weighted by atomic mass is 35.5. The van der Waals surface area contributed by atoms with Gasteiger partial charge in [0.05, 0.1) is 29.2 Å². The Morgan fingerprint density at radius 2 is 2.00 bits per heavy atom. The molecule has 0 radical (unpaired) electrons. The number of carbonyl (C=O) groups is 2. The number of hydrogen-bond acceptors (Lipinski definition) is 5. The highest BCUT2D eigenvalue weighted by Gasteiger charge is 2.22. The normalized spacial score (nSPS) is 12.0. The van der Waals surface area contributed by atoms with E-state index in [1.807, 2.05) is 24.3 Å². The van der Waals surface area contributed by atoms with Crippen LogP contribution < -0.4 is 20.5 Å². The summed E-state index contributed by atoms with van der Waals surface area (Å²) in [6.45, 7) is 3.79. The van der Waals surface area contributed by atoms with Gasteiger partial charge >= 0.3 is 0 Å². The molecule has 4 N–H and O–H groups in total. The van der Waals surface area contributed by atoms with E-state index in [1.165, 1.54) is 19.2 Å². The fourth-order valence-corrected chi connectivity index (χ4v) is 3.49. The number of imidazole rings is 1. The van der Waals surface area contributed by atoms with Crippen molar-refractivity contribution in [1.29, 1.82) is 0 Å². The van der Waals surface area contributed by atoms with E-state index in [-0.39, 0.29) is 40.6 Å². The molecule has 164 valence electrons. The van der Waals surface area contributed by atoms with E-state index in [1.54, 1.807) is 0 Å². The lowest BCUT2D eigenvalue weighted by Gasteiger charge is -2.19. The third-order valence-corrected chi connectivity index (χ3v) is 4.88.